The largest absolute Gasteiger partial charge is 0.492 e. The van der Waals surface area contributed by atoms with E-state index >= 15 is 0 Å². The van der Waals surface area contributed by atoms with Crippen LogP contribution >= 0.6 is 11.8 Å². The van der Waals surface area contributed by atoms with Gasteiger partial charge in [-0.25, -0.2) is 4.98 Å². The molecule has 5 heteroatoms. The highest BCUT2D eigenvalue weighted by molar-refractivity contribution is 7.99. The summed E-state index contributed by atoms with van der Waals surface area (Å²) < 4.78 is 5.74. The standard InChI is InChI=1S/C22H23N3OS.C2H6/c1-5-27-15-8-6-7-14(10-15)16-11-18(23-3)21(26-4)20-19(16)17-9-13(2)12-24-22(17)25-20;1-2/h6-12,23H,5H2,1-4H3,(H,24,25);1-2H3. The van der Waals surface area contributed by atoms with Crippen molar-refractivity contribution in [2.24, 2.45) is 0 Å². The smallest absolute Gasteiger partial charge is 0.166 e. The Morgan fingerprint density at radius 3 is 2.66 bits per heavy atom. The van der Waals surface area contributed by atoms with E-state index in [9.17, 15) is 0 Å². The van der Waals surface area contributed by atoms with Crippen LogP contribution in [0.5, 0.6) is 5.75 Å². The summed E-state index contributed by atoms with van der Waals surface area (Å²) in [4.78, 5) is 9.34. The summed E-state index contributed by atoms with van der Waals surface area (Å²) in [7, 11) is 3.62. The van der Waals surface area contributed by atoms with Crippen LogP contribution in [0.15, 0.2) is 47.5 Å². The molecule has 0 radical (unpaired) electrons. The van der Waals surface area contributed by atoms with Crippen LogP contribution in [-0.4, -0.2) is 29.9 Å². The number of anilines is 1. The van der Waals surface area contributed by atoms with Gasteiger partial charge in [-0.3, -0.25) is 0 Å². The minimum absolute atomic E-state index is 0.811. The molecule has 0 aliphatic carbocycles. The van der Waals surface area contributed by atoms with E-state index in [1.807, 2.05) is 38.9 Å². The fourth-order valence-electron chi connectivity index (χ4n) is 3.59. The van der Waals surface area contributed by atoms with Crippen LogP contribution in [0, 0.1) is 6.92 Å². The summed E-state index contributed by atoms with van der Waals surface area (Å²) in [5, 5.41) is 5.54. The highest BCUT2D eigenvalue weighted by atomic mass is 32.2. The summed E-state index contributed by atoms with van der Waals surface area (Å²) in [5.74, 6) is 1.87. The van der Waals surface area contributed by atoms with Gasteiger partial charge < -0.3 is 15.0 Å². The third kappa shape index (κ3) is 3.92. The summed E-state index contributed by atoms with van der Waals surface area (Å²) in [6, 6.07) is 13.1. The van der Waals surface area contributed by atoms with Crippen LogP contribution in [-0.2, 0) is 0 Å². The first-order valence-corrected chi connectivity index (χ1v) is 11.0. The molecular formula is C24H29N3OS. The van der Waals surface area contributed by atoms with Gasteiger partial charge in [-0.2, -0.15) is 0 Å². The van der Waals surface area contributed by atoms with Crippen LogP contribution in [0.1, 0.15) is 26.3 Å². The third-order valence-electron chi connectivity index (χ3n) is 4.75. The lowest BCUT2D eigenvalue weighted by Gasteiger charge is -2.14. The van der Waals surface area contributed by atoms with Crippen LogP contribution in [0.4, 0.5) is 5.69 Å². The van der Waals surface area contributed by atoms with Crippen molar-refractivity contribution in [1.82, 2.24) is 9.97 Å². The molecule has 0 fully saturated rings. The van der Waals surface area contributed by atoms with E-state index in [1.165, 1.54) is 16.0 Å². The van der Waals surface area contributed by atoms with Crippen molar-refractivity contribution in [3.8, 4) is 16.9 Å². The molecule has 2 N–H and O–H groups in total. The third-order valence-corrected chi connectivity index (χ3v) is 5.62. The van der Waals surface area contributed by atoms with Gasteiger partial charge in [-0.15, -0.1) is 11.8 Å². The van der Waals surface area contributed by atoms with Crippen molar-refractivity contribution in [3.05, 3.63) is 48.2 Å². The molecule has 2 aromatic carbocycles. The normalized spacial score (nSPS) is 10.7. The molecule has 29 heavy (non-hydrogen) atoms. The zero-order chi connectivity index (χ0) is 21.0. The van der Waals surface area contributed by atoms with Crippen LogP contribution in [0.3, 0.4) is 0 Å². The number of nitrogens with one attached hydrogen (secondary N) is 2. The van der Waals surface area contributed by atoms with Crippen LogP contribution < -0.4 is 10.1 Å². The number of ether oxygens (including phenoxy) is 1. The number of hydrogen-bond donors (Lipinski definition) is 2. The first-order valence-electron chi connectivity index (χ1n) is 10.1. The molecule has 0 unspecified atom stereocenters. The Balaban J connectivity index is 0.00000117. The van der Waals surface area contributed by atoms with Gasteiger partial charge in [0.15, 0.2) is 5.75 Å². The lowest BCUT2D eigenvalue weighted by molar-refractivity contribution is 0.421. The number of methoxy groups -OCH3 is 1. The van der Waals surface area contributed by atoms with E-state index in [2.05, 4.69) is 65.5 Å². The van der Waals surface area contributed by atoms with Gasteiger partial charge in [-0.05, 0) is 53.6 Å². The van der Waals surface area contributed by atoms with Crippen LogP contribution in [0.25, 0.3) is 33.1 Å². The van der Waals surface area contributed by atoms with Crippen molar-refractivity contribution < 1.29 is 4.74 Å². The fourth-order valence-corrected chi connectivity index (χ4v) is 4.31. The first-order chi connectivity index (χ1) is 14.2. The molecule has 2 aromatic heterocycles. The SMILES string of the molecule is CC.CCSc1cccc(-c2cc(NC)c(OC)c3[nH]c4ncc(C)cc4c23)c1. The van der Waals surface area contributed by atoms with Gasteiger partial charge >= 0.3 is 0 Å². The first kappa shape index (κ1) is 21.1. The number of aromatic amines is 1. The maximum absolute atomic E-state index is 5.74. The molecule has 0 atom stereocenters. The molecule has 0 saturated carbocycles. The molecular weight excluding hydrogens is 378 g/mol. The fraction of sp³-hybridized carbons (Fsp3) is 0.292. The summed E-state index contributed by atoms with van der Waals surface area (Å²) in [6.45, 7) is 8.25. The molecule has 0 spiro atoms. The molecule has 0 aliphatic rings. The average Bonchev–Trinajstić information content (AvgIpc) is 3.13. The molecule has 4 nitrogen and oxygen atoms in total. The number of fused-ring (bicyclic) bond motifs is 3. The summed E-state index contributed by atoms with van der Waals surface area (Å²) >= 11 is 1.85. The lowest BCUT2D eigenvalue weighted by atomic mass is 9.98. The van der Waals surface area contributed by atoms with Gasteiger partial charge in [-0.1, -0.05) is 32.9 Å². The van der Waals surface area contributed by atoms with E-state index < -0.39 is 0 Å². The minimum atomic E-state index is 0.811. The molecule has 4 rings (SSSR count). The van der Waals surface area contributed by atoms with Gasteiger partial charge in [0.2, 0.25) is 0 Å². The number of thioether (sulfide) groups is 1. The number of aryl methyl sites for hydroxylation is 1. The predicted molar refractivity (Wildman–Crippen MR) is 128 cm³/mol. The highest BCUT2D eigenvalue weighted by Gasteiger charge is 2.19. The number of hydrogen-bond acceptors (Lipinski definition) is 4. The molecule has 0 bridgehead atoms. The van der Waals surface area contributed by atoms with E-state index in [1.54, 1.807) is 7.11 Å². The molecule has 0 saturated heterocycles. The summed E-state index contributed by atoms with van der Waals surface area (Å²) in [6.07, 6.45) is 1.89. The van der Waals surface area contributed by atoms with Crippen molar-refractivity contribution in [3.63, 3.8) is 0 Å². The number of rotatable bonds is 5. The minimum Gasteiger partial charge on any atom is -0.492 e. The zero-order valence-electron chi connectivity index (χ0n) is 18.0. The Morgan fingerprint density at radius 1 is 1.17 bits per heavy atom. The quantitative estimate of drug-likeness (QED) is 0.354. The van der Waals surface area contributed by atoms with Crippen LogP contribution in [0.2, 0.25) is 0 Å². The molecule has 4 aromatic rings. The molecule has 0 aliphatic heterocycles. The van der Waals surface area contributed by atoms with E-state index in [0.29, 0.717) is 0 Å². The van der Waals surface area contributed by atoms with Gasteiger partial charge in [0.25, 0.3) is 0 Å². The Labute approximate surface area is 177 Å². The highest BCUT2D eigenvalue weighted by Crippen LogP contribution is 2.43. The van der Waals surface area contributed by atoms with Gasteiger partial charge in [0.1, 0.15) is 5.65 Å². The number of aromatic nitrogens is 2. The number of nitrogens with zero attached hydrogens (tertiary/aromatic N) is 1. The maximum atomic E-state index is 5.74. The topological polar surface area (TPSA) is 49.9 Å². The molecule has 2 heterocycles. The summed E-state index contributed by atoms with van der Waals surface area (Å²) in [5.41, 5.74) is 6.31. The van der Waals surface area contributed by atoms with Crippen molar-refractivity contribution in [1.29, 1.82) is 0 Å². The van der Waals surface area contributed by atoms with E-state index in [-0.39, 0.29) is 0 Å². The average molecular weight is 408 g/mol. The second-order valence-corrected chi connectivity index (χ2v) is 7.84. The Morgan fingerprint density at radius 2 is 1.97 bits per heavy atom. The second kappa shape index (κ2) is 9.23. The second-order valence-electron chi connectivity index (χ2n) is 6.50. The van der Waals surface area contributed by atoms with Gasteiger partial charge in [0.05, 0.1) is 18.3 Å². The van der Waals surface area contributed by atoms with Crippen molar-refractivity contribution >= 4 is 39.4 Å². The Kier molecular flexibility index (Phi) is 6.70. The van der Waals surface area contributed by atoms with E-state index in [0.717, 1.165) is 44.7 Å². The maximum Gasteiger partial charge on any atom is 0.166 e. The van der Waals surface area contributed by atoms with E-state index in [4.69, 9.17) is 4.74 Å². The molecule has 152 valence electrons. The number of benzene rings is 2. The predicted octanol–water partition coefficient (Wildman–Crippen LogP) is 6.88. The monoisotopic (exact) mass is 407 g/mol. The number of pyridine rings is 1. The number of H-pyrrole nitrogens is 1. The van der Waals surface area contributed by atoms with Crippen molar-refractivity contribution in [2.45, 2.75) is 32.6 Å². The Hall–Kier alpha value is -2.66. The molecule has 0 amide bonds. The van der Waals surface area contributed by atoms with Gasteiger partial charge in [0, 0.05) is 28.9 Å². The lowest BCUT2D eigenvalue weighted by Crippen LogP contribution is -1.96. The Bertz CT molecular complexity index is 1130. The zero-order valence-corrected chi connectivity index (χ0v) is 18.8. The van der Waals surface area contributed by atoms with Crippen molar-refractivity contribution in [2.75, 3.05) is 25.2 Å².